The van der Waals surface area contributed by atoms with Crippen LogP contribution in [-0.2, 0) is 11.3 Å². The first kappa shape index (κ1) is 19.1. The number of thiocarbonyl (C=S) groups is 1. The number of benzene rings is 1. The third kappa shape index (κ3) is 5.92. The molecule has 0 spiro atoms. The molecule has 1 heterocycles. The zero-order valence-corrected chi connectivity index (χ0v) is 15.8. The Morgan fingerprint density at radius 1 is 1.15 bits per heavy atom. The fourth-order valence-corrected chi connectivity index (χ4v) is 3.47. The van der Waals surface area contributed by atoms with E-state index in [9.17, 15) is 9.59 Å². The zero-order valence-electron chi connectivity index (χ0n) is 15.0. The van der Waals surface area contributed by atoms with Gasteiger partial charge < -0.3 is 20.4 Å². The smallest absolute Gasteiger partial charge is 0.251 e. The minimum atomic E-state index is -0.216. The first-order chi connectivity index (χ1) is 13.1. The number of rotatable bonds is 6. The van der Waals surface area contributed by atoms with Gasteiger partial charge in [0.15, 0.2) is 5.11 Å². The molecule has 1 aromatic heterocycles. The summed E-state index contributed by atoms with van der Waals surface area (Å²) in [7, 11) is 0. The maximum atomic E-state index is 12.3. The van der Waals surface area contributed by atoms with E-state index in [4.69, 9.17) is 16.6 Å². The Labute approximate surface area is 163 Å². The minimum Gasteiger partial charge on any atom is -0.467 e. The maximum absolute atomic E-state index is 12.3. The van der Waals surface area contributed by atoms with E-state index in [1.165, 1.54) is 12.8 Å². The second kappa shape index (κ2) is 9.32. The normalized spacial score (nSPS) is 13.9. The van der Waals surface area contributed by atoms with Gasteiger partial charge in [-0.05, 0) is 61.3 Å². The van der Waals surface area contributed by atoms with E-state index in [2.05, 4.69) is 16.0 Å². The summed E-state index contributed by atoms with van der Waals surface area (Å²) in [6, 6.07) is 10.5. The van der Waals surface area contributed by atoms with Crippen LogP contribution in [-0.4, -0.2) is 16.9 Å². The van der Waals surface area contributed by atoms with Crippen LogP contribution < -0.4 is 16.0 Å². The first-order valence-corrected chi connectivity index (χ1v) is 9.52. The summed E-state index contributed by atoms with van der Waals surface area (Å²) in [5, 5.41) is 8.71. The van der Waals surface area contributed by atoms with Gasteiger partial charge in [-0.2, -0.15) is 0 Å². The predicted octanol–water partition coefficient (Wildman–Crippen LogP) is 3.60. The highest BCUT2D eigenvalue weighted by atomic mass is 32.1. The maximum Gasteiger partial charge on any atom is 0.251 e. The number of nitrogens with one attached hydrogen (secondary N) is 3. The molecule has 3 rings (SSSR count). The number of carbonyl (C=O) groups is 2. The van der Waals surface area contributed by atoms with Crippen LogP contribution in [0.4, 0.5) is 5.69 Å². The molecule has 1 aromatic carbocycles. The summed E-state index contributed by atoms with van der Waals surface area (Å²) in [5.74, 6) is 0.871. The van der Waals surface area contributed by atoms with Gasteiger partial charge in [0.1, 0.15) is 5.76 Å². The molecule has 0 unspecified atom stereocenters. The quantitative estimate of drug-likeness (QED) is 0.662. The molecule has 0 radical (unpaired) electrons. The molecule has 6 nitrogen and oxygen atoms in total. The standard InChI is InChI=1S/C20H23N3O3S/c24-18(11-14-5-1-2-6-14)23-20(27)22-16-8-3-7-15(12-16)19(25)21-13-17-9-4-10-26-17/h3-4,7-10,12,14H,1-2,5-6,11,13H2,(H,21,25)(H2,22,23,24,27). The lowest BCUT2D eigenvalue weighted by atomic mass is 10.0. The molecule has 2 aromatic rings. The third-order valence-electron chi connectivity index (χ3n) is 4.59. The largest absolute Gasteiger partial charge is 0.467 e. The molecule has 0 saturated heterocycles. The molecular weight excluding hydrogens is 362 g/mol. The van der Waals surface area contributed by atoms with E-state index in [1.54, 1.807) is 42.7 Å². The SMILES string of the molecule is O=C(CC1CCCC1)NC(=S)Nc1cccc(C(=O)NCc2ccco2)c1. The van der Waals surface area contributed by atoms with Gasteiger partial charge in [0.2, 0.25) is 5.91 Å². The molecule has 3 N–H and O–H groups in total. The number of furan rings is 1. The highest BCUT2D eigenvalue weighted by Gasteiger charge is 2.19. The lowest BCUT2D eigenvalue weighted by Crippen LogP contribution is -2.35. The van der Waals surface area contributed by atoms with E-state index in [0.717, 1.165) is 12.8 Å². The van der Waals surface area contributed by atoms with Gasteiger partial charge in [0, 0.05) is 17.7 Å². The van der Waals surface area contributed by atoms with Gasteiger partial charge in [-0.1, -0.05) is 18.9 Å². The van der Waals surface area contributed by atoms with Crippen molar-refractivity contribution in [3.8, 4) is 0 Å². The van der Waals surface area contributed by atoms with Crippen LogP contribution in [0.3, 0.4) is 0 Å². The van der Waals surface area contributed by atoms with Crippen LogP contribution in [0, 0.1) is 5.92 Å². The Bertz CT molecular complexity index is 799. The van der Waals surface area contributed by atoms with Crippen molar-refractivity contribution in [1.29, 1.82) is 0 Å². The molecule has 1 fully saturated rings. The van der Waals surface area contributed by atoms with Gasteiger partial charge in [0.25, 0.3) is 5.91 Å². The predicted molar refractivity (Wildman–Crippen MR) is 107 cm³/mol. The zero-order chi connectivity index (χ0) is 19.1. The van der Waals surface area contributed by atoms with Crippen molar-refractivity contribution in [3.05, 3.63) is 54.0 Å². The molecule has 7 heteroatoms. The van der Waals surface area contributed by atoms with Crippen LogP contribution in [0.2, 0.25) is 0 Å². The second-order valence-electron chi connectivity index (χ2n) is 6.70. The Morgan fingerprint density at radius 2 is 1.96 bits per heavy atom. The second-order valence-corrected chi connectivity index (χ2v) is 7.11. The van der Waals surface area contributed by atoms with Crippen molar-refractivity contribution in [2.75, 3.05) is 5.32 Å². The van der Waals surface area contributed by atoms with Gasteiger partial charge in [0.05, 0.1) is 12.8 Å². The van der Waals surface area contributed by atoms with Crippen LogP contribution in [0.1, 0.15) is 48.2 Å². The molecule has 2 amide bonds. The van der Waals surface area contributed by atoms with Crippen LogP contribution in [0.25, 0.3) is 0 Å². The van der Waals surface area contributed by atoms with E-state index in [0.29, 0.717) is 35.9 Å². The van der Waals surface area contributed by atoms with Crippen molar-refractivity contribution in [3.63, 3.8) is 0 Å². The van der Waals surface area contributed by atoms with Gasteiger partial charge in [-0.3, -0.25) is 9.59 Å². The summed E-state index contributed by atoms with van der Waals surface area (Å²) in [6.45, 7) is 0.319. The molecule has 1 aliphatic rings. The Balaban J connectivity index is 1.49. The molecule has 0 atom stereocenters. The van der Waals surface area contributed by atoms with Gasteiger partial charge in [-0.25, -0.2) is 0 Å². The summed E-state index contributed by atoms with van der Waals surface area (Å²) < 4.78 is 5.20. The van der Waals surface area contributed by atoms with Crippen molar-refractivity contribution in [1.82, 2.24) is 10.6 Å². The first-order valence-electron chi connectivity index (χ1n) is 9.11. The highest BCUT2D eigenvalue weighted by Crippen LogP contribution is 2.27. The summed E-state index contributed by atoms with van der Waals surface area (Å²) >= 11 is 5.21. The monoisotopic (exact) mass is 385 g/mol. The lowest BCUT2D eigenvalue weighted by molar-refractivity contribution is -0.120. The highest BCUT2D eigenvalue weighted by molar-refractivity contribution is 7.80. The Hall–Kier alpha value is -2.67. The lowest BCUT2D eigenvalue weighted by Gasteiger charge is -2.12. The number of carbonyl (C=O) groups excluding carboxylic acids is 2. The van der Waals surface area contributed by atoms with E-state index < -0.39 is 0 Å². The van der Waals surface area contributed by atoms with Gasteiger partial charge >= 0.3 is 0 Å². The van der Waals surface area contributed by atoms with Crippen molar-refractivity contribution < 1.29 is 14.0 Å². The van der Waals surface area contributed by atoms with Gasteiger partial charge in [-0.15, -0.1) is 0 Å². The van der Waals surface area contributed by atoms with Crippen LogP contribution >= 0.6 is 12.2 Å². The topological polar surface area (TPSA) is 83.4 Å². The Morgan fingerprint density at radius 3 is 2.70 bits per heavy atom. The molecule has 1 saturated carbocycles. The summed E-state index contributed by atoms with van der Waals surface area (Å²) in [5.41, 5.74) is 1.14. The molecule has 1 aliphatic carbocycles. The van der Waals surface area contributed by atoms with Crippen molar-refractivity contribution in [2.24, 2.45) is 5.92 Å². The third-order valence-corrected chi connectivity index (χ3v) is 4.79. The molecule has 142 valence electrons. The minimum absolute atomic E-state index is 0.0632. The number of amides is 2. The fraction of sp³-hybridized carbons (Fsp3) is 0.350. The number of hydrogen-bond acceptors (Lipinski definition) is 4. The Kier molecular flexibility index (Phi) is 6.59. The molecule has 27 heavy (non-hydrogen) atoms. The fourth-order valence-electron chi connectivity index (χ4n) is 3.24. The average Bonchev–Trinajstić information content (AvgIpc) is 3.33. The van der Waals surface area contributed by atoms with Crippen molar-refractivity contribution >= 4 is 34.8 Å². The molecular formula is C20H23N3O3S. The molecule has 0 aliphatic heterocycles. The number of hydrogen-bond donors (Lipinski definition) is 3. The number of anilines is 1. The van der Waals surface area contributed by atoms with E-state index in [1.807, 2.05) is 0 Å². The van der Waals surface area contributed by atoms with E-state index in [-0.39, 0.29) is 16.9 Å². The summed E-state index contributed by atoms with van der Waals surface area (Å²) in [6.07, 6.45) is 6.71. The molecule has 0 bridgehead atoms. The summed E-state index contributed by atoms with van der Waals surface area (Å²) in [4.78, 5) is 24.3. The van der Waals surface area contributed by atoms with Crippen LogP contribution in [0.5, 0.6) is 0 Å². The van der Waals surface area contributed by atoms with Crippen molar-refractivity contribution in [2.45, 2.75) is 38.6 Å². The average molecular weight is 385 g/mol. The van der Waals surface area contributed by atoms with Crippen LogP contribution in [0.15, 0.2) is 47.1 Å². The van der Waals surface area contributed by atoms with E-state index >= 15 is 0 Å².